The topological polar surface area (TPSA) is 74.2 Å². The first kappa shape index (κ1) is 17.9. The van der Waals surface area contributed by atoms with Gasteiger partial charge in [-0.2, -0.15) is 0 Å². The Kier molecular flexibility index (Phi) is 5.14. The number of amides is 1. The summed E-state index contributed by atoms with van der Waals surface area (Å²) in [5, 5.41) is 11.2. The summed E-state index contributed by atoms with van der Waals surface area (Å²) >= 11 is 0. The van der Waals surface area contributed by atoms with Gasteiger partial charge in [0.05, 0.1) is 5.56 Å². The average molecular weight is 374 g/mol. The molecule has 2 aromatic heterocycles. The molecule has 1 aromatic carbocycles. The summed E-state index contributed by atoms with van der Waals surface area (Å²) < 4.78 is 0. The molecule has 4 rings (SSSR count). The van der Waals surface area contributed by atoms with Gasteiger partial charge in [0.2, 0.25) is 0 Å². The molecule has 3 heterocycles. The lowest BCUT2D eigenvalue weighted by molar-refractivity contribution is 0.102. The van der Waals surface area contributed by atoms with Gasteiger partial charge in [0.15, 0.2) is 11.6 Å². The number of aryl methyl sites for hydroxylation is 1. The van der Waals surface area contributed by atoms with Crippen LogP contribution in [0, 0.1) is 6.92 Å². The monoisotopic (exact) mass is 374 g/mol. The number of pyridine rings is 1. The molecule has 28 heavy (non-hydrogen) atoms. The van der Waals surface area contributed by atoms with Gasteiger partial charge in [0.25, 0.3) is 5.91 Å². The first-order valence-corrected chi connectivity index (χ1v) is 9.31. The Labute approximate surface area is 164 Å². The zero-order valence-corrected chi connectivity index (χ0v) is 15.7. The fraction of sp³-hybridized carbons (Fsp3) is 0.238. The Bertz CT molecular complexity index is 937. The quantitative estimate of drug-likeness (QED) is 0.757. The van der Waals surface area contributed by atoms with Gasteiger partial charge in [-0.3, -0.25) is 9.78 Å². The zero-order valence-electron chi connectivity index (χ0n) is 15.7. The molecule has 1 aliphatic heterocycles. The molecule has 0 saturated carbocycles. The smallest absolute Gasteiger partial charge is 0.258 e. The lowest BCUT2D eigenvalue weighted by Crippen LogP contribution is -2.46. The third-order valence-corrected chi connectivity index (χ3v) is 4.79. The van der Waals surface area contributed by atoms with Crippen LogP contribution in [0.3, 0.4) is 0 Å². The minimum Gasteiger partial charge on any atom is -0.368 e. The Hall–Kier alpha value is -3.48. The number of anilines is 3. The summed E-state index contributed by atoms with van der Waals surface area (Å²) in [7, 11) is 0. The van der Waals surface area contributed by atoms with Crippen molar-refractivity contribution in [2.75, 3.05) is 41.3 Å². The molecule has 1 amide bonds. The standard InChI is InChI=1S/C21H22N6O/c1-16-4-2-6-18(14-16)26-10-12-27(13-11-26)20-8-7-19(24-25-20)23-21(28)17-5-3-9-22-15-17/h2-9,14-15H,10-13H2,1H3,(H,23,24,28). The fourth-order valence-electron chi connectivity index (χ4n) is 3.26. The van der Waals surface area contributed by atoms with Crippen LogP contribution < -0.4 is 15.1 Å². The second-order valence-corrected chi connectivity index (χ2v) is 6.79. The number of nitrogens with one attached hydrogen (secondary N) is 1. The predicted octanol–water partition coefficient (Wildman–Crippen LogP) is 2.76. The third-order valence-electron chi connectivity index (χ3n) is 4.79. The Morgan fingerprint density at radius 2 is 1.79 bits per heavy atom. The average Bonchev–Trinajstić information content (AvgIpc) is 2.75. The summed E-state index contributed by atoms with van der Waals surface area (Å²) in [5.74, 6) is 1.00. The molecule has 142 valence electrons. The molecule has 0 spiro atoms. The van der Waals surface area contributed by atoms with Crippen LogP contribution in [0.15, 0.2) is 60.9 Å². The first-order chi connectivity index (χ1) is 13.7. The highest BCUT2D eigenvalue weighted by molar-refractivity contribution is 6.03. The maximum Gasteiger partial charge on any atom is 0.258 e. The van der Waals surface area contributed by atoms with E-state index in [0.29, 0.717) is 11.4 Å². The molecule has 3 aromatic rings. The van der Waals surface area contributed by atoms with Gasteiger partial charge in [0.1, 0.15) is 0 Å². The second kappa shape index (κ2) is 8.04. The minimum absolute atomic E-state index is 0.248. The van der Waals surface area contributed by atoms with Gasteiger partial charge < -0.3 is 15.1 Å². The van der Waals surface area contributed by atoms with Gasteiger partial charge in [0, 0.05) is 44.3 Å². The van der Waals surface area contributed by atoms with Gasteiger partial charge in [-0.15, -0.1) is 10.2 Å². The highest BCUT2D eigenvalue weighted by Crippen LogP contribution is 2.20. The highest BCUT2D eigenvalue weighted by atomic mass is 16.1. The van der Waals surface area contributed by atoms with E-state index >= 15 is 0 Å². The summed E-state index contributed by atoms with van der Waals surface area (Å²) in [5.41, 5.74) is 3.02. The normalized spacial score (nSPS) is 14.0. The molecule has 1 aliphatic rings. The lowest BCUT2D eigenvalue weighted by Gasteiger charge is -2.36. The van der Waals surface area contributed by atoms with Gasteiger partial charge in [-0.1, -0.05) is 12.1 Å². The zero-order chi connectivity index (χ0) is 19.3. The van der Waals surface area contributed by atoms with Crippen LogP contribution in [0.25, 0.3) is 0 Å². The van der Waals surface area contributed by atoms with Crippen molar-refractivity contribution < 1.29 is 4.79 Å². The molecule has 0 unspecified atom stereocenters. The number of nitrogens with zero attached hydrogens (tertiary/aromatic N) is 5. The van der Waals surface area contributed by atoms with Gasteiger partial charge >= 0.3 is 0 Å². The van der Waals surface area contributed by atoms with E-state index in [-0.39, 0.29) is 5.91 Å². The van der Waals surface area contributed by atoms with Crippen LogP contribution in [0.2, 0.25) is 0 Å². The van der Waals surface area contributed by atoms with Crippen molar-refractivity contribution in [3.63, 3.8) is 0 Å². The molecule has 0 atom stereocenters. The molecule has 0 bridgehead atoms. The molecular formula is C21H22N6O. The number of rotatable bonds is 4. The minimum atomic E-state index is -0.248. The molecule has 7 heteroatoms. The van der Waals surface area contributed by atoms with E-state index in [0.717, 1.165) is 32.0 Å². The third kappa shape index (κ3) is 4.09. The van der Waals surface area contributed by atoms with E-state index in [9.17, 15) is 4.79 Å². The van der Waals surface area contributed by atoms with Crippen molar-refractivity contribution >= 4 is 23.2 Å². The largest absolute Gasteiger partial charge is 0.368 e. The van der Waals surface area contributed by atoms with Crippen molar-refractivity contribution in [1.29, 1.82) is 0 Å². The lowest BCUT2D eigenvalue weighted by atomic mass is 10.2. The SMILES string of the molecule is Cc1cccc(N2CCN(c3ccc(NC(=O)c4cccnc4)nn3)CC2)c1. The Morgan fingerprint density at radius 1 is 0.964 bits per heavy atom. The van der Waals surface area contributed by atoms with Crippen LogP contribution in [-0.2, 0) is 0 Å². The maximum atomic E-state index is 12.2. The van der Waals surface area contributed by atoms with Crippen LogP contribution in [0.4, 0.5) is 17.3 Å². The number of carbonyl (C=O) groups is 1. The number of aromatic nitrogens is 3. The van der Waals surface area contributed by atoms with E-state index in [1.54, 1.807) is 24.4 Å². The van der Waals surface area contributed by atoms with E-state index < -0.39 is 0 Å². The van der Waals surface area contributed by atoms with E-state index in [1.165, 1.54) is 17.4 Å². The summed E-state index contributed by atoms with van der Waals surface area (Å²) in [6, 6.07) is 15.7. The molecule has 1 fully saturated rings. The fourth-order valence-corrected chi connectivity index (χ4v) is 3.26. The number of carbonyl (C=O) groups excluding carboxylic acids is 1. The molecule has 0 radical (unpaired) electrons. The van der Waals surface area contributed by atoms with Crippen LogP contribution in [0.5, 0.6) is 0 Å². The number of hydrogen-bond donors (Lipinski definition) is 1. The van der Waals surface area contributed by atoms with E-state index in [1.807, 2.05) is 6.07 Å². The van der Waals surface area contributed by atoms with E-state index in [2.05, 4.69) is 61.5 Å². The molecule has 1 N–H and O–H groups in total. The summed E-state index contributed by atoms with van der Waals surface area (Å²) in [4.78, 5) is 20.7. The number of benzene rings is 1. The molecular weight excluding hydrogens is 352 g/mol. The Morgan fingerprint density at radius 3 is 2.46 bits per heavy atom. The maximum absolute atomic E-state index is 12.2. The summed E-state index contributed by atoms with van der Waals surface area (Å²) in [6.45, 7) is 5.74. The van der Waals surface area contributed by atoms with Gasteiger partial charge in [-0.25, -0.2) is 0 Å². The summed E-state index contributed by atoms with van der Waals surface area (Å²) in [6.07, 6.45) is 3.15. The predicted molar refractivity (Wildman–Crippen MR) is 110 cm³/mol. The van der Waals surface area contributed by atoms with Crippen LogP contribution >= 0.6 is 0 Å². The Balaban J connectivity index is 1.35. The van der Waals surface area contributed by atoms with Crippen LogP contribution in [-0.4, -0.2) is 47.3 Å². The van der Waals surface area contributed by atoms with Gasteiger partial charge in [-0.05, 0) is 48.9 Å². The number of hydrogen-bond acceptors (Lipinski definition) is 6. The van der Waals surface area contributed by atoms with Crippen LogP contribution in [0.1, 0.15) is 15.9 Å². The highest BCUT2D eigenvalue weighted by Gasteiger charge is 2.19. The molecule has 0 aliphatic carbocycles. The molecule has 1 saturated heterocycles. The van der Waals surface area contributed by atoms with E-state index in [4.69, 9.17) is 0 Å². The molecule has 7 nitrogen and oxygen atoms in total. The van der Waals surface area contributed by atoms with Crippen molar-refractivity contribution in [3.05, 3.63) is 72.1 Å². The first-order valence-electron chi connectivity index (χ1n) is 9.31. The van der Waals surface area contributed by atoms with Crippen molar-refractivity contribution in [2.45, 2.75) is 6.92 Å². The van der Waals surface area contributed by atoms with Crippen molar-refractivity contribution in [3.8, 4) is 0 Å². The second-order valence-electron chi connectivity index (χ2n) is 6.79. The van der Waals surface area contributed by atoms with Crippen molar-refractivity contribution in [2.24, 2.45) is 0 Å². The van der Waals surface area contributed by atoms with Crippen molar-refractivity contribution in [1.82, 2.24) is 15.2 Å². The number of piperazine rings is 1.